The minimum atomic E-state index is -4.66. The van der Waals surface area contributed by atoms with Gasteiger partial charge in [0.1, 0.15) is 18.1 Å². The van der Waals surface area contributed by atoms with Crippen LogP contribution >= 0.6 is 11.6 Å². The lowest BCUT2D eigenvalue weighted by atomic mass is 10.2. The number of amides is 1. The van der Waals surface area contributed by atoms with Gasteiger partial charge in [-0.05, 0) is 18.2 Å². The highest BCUT2D eigenvalue weighted by Gasteiger charge is 2.32. The number of nitrogens with one attached hydrogen (secondary N) is 2. The van der Waals surface area contributed by atoms with Gasteiger partial charge in [0.2, 0.25) is 5.91 Å². The summed E-state index contributed by atoms with van der Waals surface area (Å²) in [6, 6.07) is 7.86. The summed E-state index contributed by atoms with van der Waals surface area (Å²) in [7, 11) is 0. The number of nitrogens with zero attached hydrogens (tertiary/aromatic N) is 1. The van der Waals surface area contributed by atoms with Crippen LogP contribution in [0.5, 0.6) is 0 Å². The van der Waals surface area contributed by atoms with Gasteiger partial charge in [-0.1, -0.05) is 23.7 Å². The topological polar surface area (TPSA) is 55.5 Å². The van der Waals surface area contributed by atoms with Crippen LogP contribution in [0.15, 0.2) is 41.3 Å². The number of carbonyl (C=O) groups excluding carboxylic acids is 1. The minimum Gasteiger partial charge on any atom is -0.331 e. The van der Waals surface area contributed by atoms with E-state index in [0.717, 1.165) is 25.2 Å². The zero-order chi connectivity index (χ0) is 20.3. The molecule has 2 N–H and O–H groups in total. The lowest BCUT2D eigenvalue weighted by Gasteiger charge is -2.13. The van der Waals surface area contributed by atoms with Crippen LogP contribution < -0.4 is 15.8 Å². The van der Waals surface area contributed by atoms with Gasteiger partial charge in [0, 0.05) is 30.3 Å². The van der Waals surface area contributed by atoms with Crippen LogP contribution in [0.25, 0.3) is 0 Å². The average molecular weight is 415 g/mol. The van der Waals surface area contributed by atoms with E-state index in [-0.39, 0.29) is 0 Å². The van der Waals surface area contributed by atoms with Crippen LogP contribution in [0.3, 0.4) is 0 Å². The molecule has 5 nitrogen and oxygen atoms in total. The molecule has 1 aliphatic rings. The second kappa shape index (κ2) is 8.36. The molecule has 2 heterocycles. The van der Waals surface area contributed by atoms with Gasteiger partial charge in [-0.15, -0.1) is 0 Å². The summed E-state index contributed by atoms with van der Waals surface area (Å²) in [5.74, 6) is -0.615. The fraction of sp³-hybridized carbons (Fsp3) is 0.368. The maximum absolute atomic E-state index is 12.9. The molecule has 1 saturated heterocycles. The first-order chi connectivity index (χ1) is 13.2. The number of rotatable bonds is 5. The molecule has 28 heavy (non-hydrogen) atoms. The Balaban J connectivity index is 1.65. The molecule has 0 atom stereocenters. The molecule has 1 amide bonds. The number of hydrogen-bond acceptors (Lipinski definition) is 2. The van der Waals surface area contributed by atoms with Gasteiger partial charge in [-0.25, -0.2) is 0 Å². The summed E-state index contributed by atoms with van der Waals surface area (Å²) in [5.41, 5.74) is -0.278. The van der Waals surface area contributed by atoms with Crippen molar-refractivity contribution in [3.63, 3.8) is 0 Å². The molecule has 1 aromatic heterocycles. The second-order valence-electron chi connectivity index (χ2n) is 6.89. The molecule has 1 aliphatic heterocycles. The molecule has 150 valence electrons. The molecule has 0 radical (unpaired) electrons. The molecule has 1 fully saturated rings. The van der Waals surface area contributed by atoms with E-state index < -0.39 is 34.8 Å². The van der Waals surface area contributed by atoms with Crippen molar-refractivity contribution in [2.75, 3.05) is 18.4 Å². The van der Waals surface area contributed by atoms with Crippen LogP contribution in [0.2, 0.25) is 5.02 Å². The van der Waals surface area contributed by atoms with Crippen molar-refractivity contribution in [2.24, 2.45) is 0 Å². The Bertz CT molecular complexity index is 904. The lowest BCUT2D eigenvalue weighted by molar-refractivity contribution is -0.901. The number of aromatic nitrogens is 1. The fourth-order valence-electron chi connectivity index (χ4n) is 3.27. The van der Waals surface area contributed by atoms with Gasteiger partial charge in [-0.3, -0.25) is 9.59 Å². The predicted molar refractivity (Wildman–Crippen MR) is 99.4 cm³/mol. The maximum Gasteiger partial charge on any atom is 0.417 e. The number of alkyl halides is 3. The Kier molecular flexibility index (Phi) is 6.10. The molecule has 0 aliphatic carbocycles. The molecule has 9 heteroatoms. The third kappa shape index (κ3) is 5.14. The van der Waals surface area contributed by atoms with Crippen molar-refractivity contribution in [2.45, 2.75) is 32.1 Å². The van der Waals surface area contributed by atoms with E-state index in [9.17, 15) is 22.8 Å². The number of pyridine rings is 1. The van der Waals surface area contributed by atoms with Gasteiger partial charge in [-0.2, -0.15) is 13.2 Å². The first-order valence-electron chi connectivity index (χ1n) is 8.92. The van der Waals surface area contributed by atoms with Gasteiger partial charge in [0.25, 0.3) is 5.56 Å². The first-order valence-corrected chi connectivity index (χ1v) is 9.30. The zero-order valence-electron chi connectivity index (χ0n) is 15.0. The van der Waals surface area contributed by atoms with Crippen LogP contribution in [0.4, 0.5) is 18.9 Å². The Hall–Kier alpha value is -2.32. The largest absolute Gasteiger partial charge is 0.417 e. The van der Waals surface area contributed by atoms with Crippen LogP contribution in [-0.4, -0.2) is 23.6 Å². The molecule has 1 aromatic carbocycles. The molecule has 0 spiro atoms. The lowest BCUT2D eigenvalue weighted by Crippen LogP contribution is -3.08. The number of quaternary nitrogens is 1. The normalized spacial score (nSPS) is 15.0. The van der Waals surface area contributed by atoms with Gasteiger partial charge in [0.05, 0.1) is 18.7 Å². The molecule has 0 unspecified atom stereocenters. The summed E-state index contributed by atoms with van der Waals surface area (Å²) in [4.78, 5) is 25.6. The van der Waals surface area contributed by atoms with Crippen LogP contribution in [0.1, 0.15) is 24.0 Å². The van der Waals surface area contributed by atoms with E-state index in [1.54, 1.807) is 12.1 Å². The van der Waals surface area contributed by atoms with Gasteiger partial charge in [0.15, 0.2) is 0 Å². The minimum absolute atomic E-state index is 0.510. The van der Waals surface area contributed by atoms with E-state index in [1.165, 1.54) is 17.7 Å². The van der Waals surface area contributed by atoms with Crippen molar-refractivity contribution in [1.82, 2.24) is 4.57 Å². The van der Waals surface area contributed by atoms with Gasteiger partial charge >= 0.3 is 6.18 Å². The molecular weight excluding hydrogens is 395 g/mol. The number of halogens is 4. The number of benzene rings is 1. The second-order valence-corrected chi connectivity index (χ2v) is 7.29. The smallest absolute Gasteiger partial charge is 0.331 e. The summed E-state index contributed by atoms with van der Waals surface area (Å²) in [5, 5.41) is 2.00. The Morgan fingerprint density at radius 3 is 2.43 bits per heavy atom. The first kappa shape index (κ1) is 20.4. The third-order valence-corrected chi connectivity index (χ3v) is 4.96. The quantitative estimate of drug-likeness (QED) is 0.789. The van der Waals surface area contributed by atoms with Crippen LogP contribution in [0, 0.1) is 0 Å². The van der Waals surface area contributed by atoms with Crippen molar-refractivity contribution >= 4 is 23.2 Å². The molecular formula is C19H20ClF3N3O2+. The Morgan fingerprint density at radius 1 is 1.18 bits per heavy atom. The van der Waals surface area contributed by atoms with E-state index in [4.69, 9.17) is 11.6 Å². The Labute approximate surface area is 164 Å². The maximum atomic E-state index is 12.9. The zero-order valence-corrected chi connectivity index (χ0v) is 15.7. The van der Waals surface area contributed by atoms with E-state index >= 15 is 0 Å². The fourth-order valence-corrected chi connectivity index (χ4v) is 3.50. The molecule has 3 rings (SSSR count). The van der Waals surface area contributed by atoms with Crippen LogP contribution in [-0.2, 0) is 24.1 Å². The monoisotopic (exact) mass is 414 g/mol. The van der Waals surface area contributed by atoms with E-state index in [0.29, 0.717) is 22.5 Å². The van der Waals surface area contributed by atoms with Gasteiger partial charge < -0.3 is 14.8 Å². The average Bonchev–Trinajstić information content (AvgIpc) is 3.12. The Morgan fingerprint density at radius 2 is 1.82 bits per heavy atom. The number of likely N-dealkylation sites (tertiary alicyclic amines) is 1. The molecule has 0 saturated carbocycles. The molecule has 2 aromatic rings. The van der Waals surface area contributed by atoms with Crippen molar-refractivity contribution < 1.29 is 22.9 Å². The highest BCUT2D eigenvalue weighted by atomic mass is 35.5. The number of anilines is 1. The summed E-state index contributed by atoms with van der Waals surface area (Å²) in [6.07, 6.45) is -1.59. The third-order valence-electron chi connectivity index (χ3n) is 4.69. The SMILES string of the molecule is O=C(Cn1cc(C(F)(F)F)cc(Cl)c1=O)Nc1ccc(C[NH+]2CCCC2)cc1. The summed E-state index contributed by atoms with van der Waals surface area (Å²) < 4.78 is 39.3. The number of hydrogen-bond donors (Lipinski definition) is 2. The highest BCUT2D eigenvalue weighted by Crippen LogP contribution is 2.29. The number of carbonyl (C=O) groups is 1. The van der Waals surface area contributed by atoms with E-state index in [1.807, 2.05) is 12.1 Å². The van der Waals surface area contributed by atoms with E-state index in [2.05, 4.69) is 5.32 Å². The van der Waals surface area contributed by atoms with Crippen molar-refractivity contribution in [1.29, 1.82) is 0 Å². The summed E-state index contributed by atoms with van der Waals surface area (Å²) >= 11 is 5.59. The van der Waals surface area contributed by atoms with Crippen molar-refractivity contribution in [3.8, 4) is 0 Å². The standard InChI is InChI=1S/C19H19ClF3N3O2/c20-16-9-14(19(21,22)23)11-26(18(16)28)12-17(27)24-15-5-3-13(4-6-15)10-25-7-1-2-8-25/h3-6,9,11H,1-2,7-8,10,12H2,(H,24,27)/p+1. The summed E-state index contributed by atoms with van der Waals surface area (Å²) in [6.45, 7) is 2.67. The van der Waals surface area contributed by atoms with Crippen molar-refractivity contribution in [3.05, 3.63) is 63.0 Å². The highest BCUT2D eigenvalue weighted by molar-refractivity contribution is 6.30. The molecule has 0 bridgehead atoms. The predicted octanol–water partition coefficient (Wildman–Crippen LogP) is 2.34.